The molecule has 9 heteroatoms. The number of nitrogens with zero attached hydrogens (tertiary/aromatic N) is 2. The quantitative estimate of drug-likeness (QED) is 0.463. The maximum absolute atomic E-state index is 13.5. The standard InChI is InChI=1S/C12H14FN3O5/c1-3-12(20)8(18)7(5(2)17)21-10(12)16-4-6(13)9(14)15-11(16)19/h1,4-5,7-8,10,17-18,20H,2H3,(H2,14,15,19)/t5-,7+,8?,10+,12+/m0/s1. The topological polar surface area (TPSA) is 131 Å². The van der Waals surface area contributed by atoms with Gasteiger partial charge in [-0.05, 0) is 6.92 Å². The molecular weight excluding hydrogens is 285 g/mol. The number of aromatic nitrogens is 2. The van der Waals surface area contributed by atoms with Crippen LogP contribution in [0.25, 0.3) is 0 Å². The van der Waals surface area contributed by atoms with E-state index in [1.54, 1.807) is 0 Å². The third-order valence-corrected chi connectivity index (χ3v) is 3.32. The first-order valence-corrected chi connectivity index (χ1v) is 5.98. The second-order valence-corrected chi connectivity index (χ2v) is 4.77. The van der Waals surface area contributed by atoms with Gasteiger partial charge in [0.05, 0.1) is 12.3 Å². The molecule has 21 heavy (non-hydrogen) atoms. The van der Waals surface area contributed by atoms with Gasteiger partial charge in [0.2, 0.25) is 0 Å². The Kier molecular flexibility index (Phi) is 3.73. The lowest BCUT2D eigenvalue weighted by Crippen LogP contribution is -2.48. The minimum absolute atomic E-state index is 0.581. The van der Waals surface area contributed by atoms with Gasteiger partial charge < -0.3 is 25.8 Å². The zero-order valence-corrected chi connectivity index (χ0v) is 11.0. The SMILES string of the molecule is C#C[C@@]1(O)C(O)[C@@H]([C@H](C)O)O[C@H]1n1cc(F)c(N)nc1=O. The van der Waals surface area contributed by atoms with E-state index in [1.165, 1.54) is 6.92 Å². The van der Waals surface area contributed by atoms with Crippen LogP contribution in [0.4, 0.5) is 10.2 Å². The molecule has 1 aromatic heterocycles. The molecular formula is C12H14FN3O5. The summed E-state index contributed by atoms with van der Waals surface area (Å²) >= 11 is 0. The van der Waals surface area contributed by atoms with Crippen LogP contribution in [-0.4, -0.2) is 48.8 Å². The normalized spacial score (nSPS) is 33.6. The van der Waals surface area contributed by atoms with Crippen LogP contribution >= 0.6 is 0 Å². The van der Waals surface area contributed by atoms with Crippen LogP contribution in [0.2, 0.25) is 0 Å². The fraction of sp³-hybridized carbons (Fsp3) is 0.500. The Labute approximate surface area is 118 Å². The van der Waals surface area contributed by atoms with Gasteiger partial charge in [0.25, 0.3) is 0 Å². The Balaban J connectivity index is 2.56. The molecule has 8 nitrogen and oxygen atoms in total. The largest absolute Gasteiger partial charge is 0.391 e. The van der Waals surface area contributed by atoms with Crippen molar-refractivity contribution >= 4 is 5.82 Å². The predicted molar refractivity (Wildman–Crippen MR) is 68.2 cm³/mol. The Hall–Kier alpha value is -1.99. The number of ether oxygens (including phenoxy) is 1. The fourth-order valence-electron chi connectivity index (χ4n) is 2.16. The third kappa shape index (κ3) is 2.28. The number of anilines is 1. The van der Waals surface area contributed by atoms with Crippen molar-refractivity contribution in [3.05, 3.63) is 22.5 Å². The van der Waals surface area contributed by atoms with E-state index in [0.717, 1.165) is 0 Å². The second-order valence-electron chi connectivity index (χ2n) is 4.77. The van der Waals surface area contributed by atoms with Gasteiger partial charge in [0, 0.05) is 0 Å². The van der Waals surface area contributed by atoms with E-state index in [9.17, 15) is 24.5 Å². The summed E-state index contributed by atoms with van der Waals surface area (Å²) in [5.74, 6) is 0.273. The van der Waals surface area contributed by atoms with Gasteiger partial charge in [0.15, 0.2) is 23.5 Å². The zero-order valence-electron chi connectivity index (χ0n) is 11.0. The van der Waals surface area contributed by atoms with Crippen molar-refractivity contribution in [2.24, 2.45) is 0 Å². The molecule has 0 radical (unpaired) electrons. The van der Waals surface area contributed by atoms with Crippen molar-refractivity contribution in [2.75, 3.05) is 5.73 Å². The van der Waals surface area contributed by atoms with Gasteiger partial charge in [-0.25, -0.2) is 9.18 Å². The first-order chi connectivity index (χ1) is 9.72. The van der Waals surface area contributed by atoms with Crippen molar-refractivity contribution in [1.29, 1.82) is 0 Å². The van der Waals surface area contributed by atoms with Crippen molar-refractivity contribution in [3.8, 4) is 12.3 Å². The molecule has 1 unspecified atom stereocenters. The number of nitrogen functional groups attached to an aromatic ring is 1. The number of hydrogen-bond acceptors (Lipinski definition) is 7. The van der Waals surface area contributed by atoms with Crippen molar-refractivity contribution in [1.82, 2.24) is 9.55 Å². The summed E-state index contributed by atoms with van der Waals surface area (Å²) in [4.78, 5) is 15.0. The minimum atomic E-state index is -2.34. The number of rotatable bonds is 2. The lowest BCUT2D eigenvalue weighted by molar-refractivity contribution is -0.0886. The van der Waals surface area contributed by atoms with Gasteiger partial charge in [-0.15, -0.1) is 6.42 Å². The van der Waals surface area contributed by atoms with Crippen LogP contribution in [0, 0.1) is 18.2 Å². The molecule has 0 spiro atoms. The summed E-state index contributed by atoms with van der Waals surface area (Å²) in [7, 11) is 0. The predicted octanol–water partition coefficient (Wildman–Crippen LogP) is -2.03. The number of nitrogens with two attached hydrogens (primary N) is 1. The van der Waals surface area contributed by atoms with Crippen molar-refractivity contribution in [3.63, 3.8) is 0 Å². The minimum Gasteiger partial charge on any atom is -0.391 e. The maximum Gasteiger partial charge on any atom is 0.351 e. The van der Waals surface area contributed by atoms with E-state index in [4.69, 9.17) is 16.9 Å². The molecule has 1 aromatic rings. The lowest BCUT2D eigenvalue weighted by Gasteiger charge is -2.26. The number of hydrogen-bond donors (Lipinski definition) is 4. The van der Waals surface area contributed by atoms with E-state index >= 15 is 0 Å². The first-order valence-electron chi connectivity index (χ1n) is 5.98. The molecule has 0 saturated carbocycles. The second kappa shape index (κ2) is 5.09. The van der Waals surface area contributed by atoms with Crippen LogP contribution in [-0.2, 0) is 4.74 Å². The molecule has 5 N–H and O–H groups in total. The molecule has 0 aromatic carbocycles. The first kappa shape index (κ1) is 15.4. The van der Waals surface area contributed by atoms with E-state index in [2.05, 4.69) is 4.98 Å². The zero-order chi connectivity index (χ0) is 15.9. The van der Waals surface area contributed by atoms with Gasteiger partial charge in [0.1, 0.15) is 12.2 Å². The molecule has 1 fully saturated rings. The lowest BCUT2D eigenvalue weighted by atomic mass is 9.93. The third-order valence-electron chi connectivity index (χ3n) is 3.32. The highest BCUT2D eigenvalue weighted by Gasteiger charge is 2.57. The molecule has 1 saturated heterocycles. The average Bonchev–Trinajstić information content (AvgIpc) is 2.68. The van der Waals surface area contributed by atoms with Crippen molar-refractivity contribution < 1.29 is 24.4 Å². The molecule has 1 aliphatic heterocycles. The monoisotopic (exact) mass is 299 g/mol. The number of terminal acetylenes is 1. The van der Waals surface area contributed by atoms with E-state index in [-0.39, 0.29) is 0 Å². The summed E-state index contributed by atoms with van der Waals surface area (Å²) in [5, 5.41) is 29.8. The Morgan fingerprint density at radius 3 is 2.86 bits per heavy atom. The molecule has 5 atom stereocenters. The molecule has 0 aliphatic carbocycles. The molecule has 0 amide bonds. The van der Waals surface area contributed by atoms with Crippen LogP contribution < -0.4 is 11.4 Å². The van der Waals surface area contributed by atoms with Crippen LogP contribution in [0.15, 0.2) is 11.0 Å². The van der Waals surface area contributed by atoms with Gasteiger partial charge in [-0.3, -0.25) is 4.57 Å². The molecule has 114 valence electrons. The van der Waals surface area contributed by atoms with Gasteiger partial charge >= 0.3 is 5.69 Å². The highest BCUT2D eigenvalue weighted by Crippen LogP contribution is 2.38. The smallest absolute Gasteiger partial charge is 0.351 e. The van der Waals surface area contributed by atoms with E-state index in [1.807, 2.05) is 5.92 Å². The molecule has 1 aliphatic rings. The Morgan fingerprint density at radius 2 is 2.33 bits per heavy atom. The van der Waals surface area contributed by atoms with E-state index in [0.29, 0.717) is 10.8 Å². The highest BCUT2D eigenvalue weighted by atomic mass is 19.1. The highest BCUT2D eigenvalue weighted by molar-refractivity contribution is 5.27. The number of aliphatic hydroxyl groups excluding tert-OH is 2. The number of aliphatic hydroxyl groups is 3. The van der Waals surface area contributed by atoms with Crippen LogP contribution in [0.3, 0.4) is 0 Å². The summed E-state index contributed by atoms with van der Waals surface area (Å²) in [6.45, 7) is 1.30. The average molecular weight is 299 g/mol. The summed E-state index contributed by atoms with van der Waals surface area (Å²) in [5.41, 5.74) is 1.80. The summed E-state index contributed by atoms with van der Waals surface area (Å²) in [6.07, 6.45) is 0.105. The Bertz CT molecular complexity index is 655. The van der Waals surface area contributed by atoms with Crippen LogP contribution in [0.5, 0.6) is 0 Å². The Morgan fingerprint density at radius 1 is 1.71 bits per heavy atom. The van der Waals surface area contributed by atoms with Crippen molar-refractivity contribution in [2.45, 2.75) is 37.1 Å². The summed E-state index contributed by atoms with van der Waals surface area (Å²) in [6, 6.07) is 0. The number of halogens is 1. The summed E-state index contributed by atoms with van der Waals surface area (Å²) < 4.78 is 19.3. The van der Waals surface area contributed by atoms with Gasteiger partial charge in [-0.1, -0.05) is 5.92 Å². The molecule has 0 bridgehead atoms. The van der Waals surface area contributed by atoms with Crippen LogP contribution in [0.1, 0.15) is 13.2 Å². The maximum atomic E-state index is 13.5. The molecule has 2 heterocycles. The molecule has 2 rings (SSSR count). The fourth-order valence-corrected chi connectivity index (χ4v) is 2.16. The van der Waals surface area contributed by atoms with E-state index < -0.39 is 47.5 Å². The van der Waals surface area contributed by atoms with Gasteiger partial charge in [-0.2, -0.15) is 4.98 Å².